The number of hydrogen-bond donors (Lipinski definition) is 1. The first kappa shape index (κ1) is 12.9. The summed E-state index contributed by atoms with van der Waals surface area (Å²) in [5.74, 6) is -1.74. The lowest BCUT2D eigenvalue weighted by Crippen LogP contribution is -2.28. The number of carbonyl (C=O) groups is 2. The summed E-state index contributed by atoms with van der Waals surface area (Å²) in [5, 5.41) is 9.71. The van der Waals surface area contributed by atoms with Crippen LogP contribution in [0.3, 0.4) is 0 Å². The highest BCUT2D eigenvalue weighted by Gasteiger charge is 2.54. The maximum absolute atomic E-state index is 13.8. The van der Waals surface area contributed by atoms with Gasteiger partial charge in [-0.25, -0.2) is 9.18 Å². The second-order valence-corrected chi connectivity index (χ2v) is 4.67. The molecular formula is C12H10BFO6. The van der Waals surface area contributed by atoms with E-state index in [0.29, 0.717) is 5.56 Å². The van der Waals surface area contributed by atoms with Gasteiger partial charge in [0.2, 0.25) is 6.79 Å². The molecule has 104 valence electrons. The minimum atomic E-state index is -1.05. The maximum Gasteiger partial charge on any atom is 0.526 e. The normalized spacial score (nSPS) is 22.2. The molecule has 6 nitrogen and oxygen atoms in total. The molecule has 1 aromatic rings. The van der Waals surface area contributed by atoms with Crippen LogP contribution in [0.25, 0.3) is 0 Å². The average Bonchev–Trinajstić information content (AvgIpc) is 3.19. The molecule has 2 atom stereocenters. The molecule has 8 heteroatoms. The number of benzene rings is 1. The fraction of sp³-hybridized carbons (Fsp3) is 0.333. The van der Waals surface area contributed by atoms with Gasteiger partial charge in [0.25, 0.3) is 6.47 Å². The van der Waals surface area contributed by atoms with E-state index in [0.717, 1.165) is 12.5 Å². The summed E-state index contributed by atoms with van der Waals surface area (Å²) >= 11 is 0. The molecule has 0 radical (unpaired) electrons. The van der Waals surface area contributed by atoms with Crippen molar-refractivity contribution < 1.29 is 33.1 Å². The predicted molar refractivity (Wildman–Crippen MR) is 63.5 cm³/mol. The Bertz CT molecular complexity index is 577. The van der Waals surface area contributed by atoms with E-state index in [4.69, 9.17) is 4.65 Å². The van der Waals surface area contributed by atoms with Crippen molar-refractivity contribution in [1.29, 1.82) is 0 Å². The van der Waals surface area contributed by atoms with E-state index in [9.17, 15) is 19.0 Å². The van der Waals surface area contributed by atoms with Gasteiger partial charge in [-0.2, -0.15) is 0 Å². The van der Waals surface area contributed by atoms with Crippen LogP contribution < -0.4 is 4.65 Å². The number of ether oxygens (including phenoxy) is 2. The molecule has 1 fully saturated rings. The minimum Gasteiger partial charge on any atom is -0.535 e. The summed E-state index contributed by atoms with van der Waals surface area (Å²) < 4.78 is 27.9. The lowest BCUT2D eigenvalue weighted by molar-refractivity contribution is -0.136. The Morgan fingerprint density at radius 3 is 3.15 bits per heavy atom. The molecule has 1 aliphatic carbocycles. The van der Waals surface area contributed by atoms with Crippen molar-refractivity contribution in [3.8, 4) is 5.75 Å². The Kier molecular flexibility index (Phi) is 3.09. The molecule has 3 rings (SSSR count). The number of carbonyl (C=O) groups excluding carboxylic acids is 2. The van der Waals surface area contributed by atoms with Crippen LogP contribution >= 0.6 is 0 Å². The van der Waals surface area contributed by atoms with Crippen LogP contribution in [-0.4, -0.2) is 31.4 Å². The summed E-state index contributed by atoms with van der Waals surface area (Å²) in [5.41, 5.74) is 0.298. The second kappa shape index (κ2) is 4.79. The van der Waals surface area contributed by atoms with Crippen LogP contribution in [-0.2, 0) is 14.3 Å². The van der Waals surface area contributed by atoms with E-state index in [-0.39, 0.29) is 29.5 Å². The third kappa shape index (κ3) is 2.02. The zero-order valence-corrected chi connectivity index (χ0v) is 10.2. The molecule has 2 aliphatic rings. The number of fused-ring (bicyclic) bond motifs is 3. The van der Waals surface area contributed by atoms with Gasteiger partial charge >= 0.3 is 13.1 Å². The Labute approximate surface area is 113 Å². The van der Waals surface area contributed by atoms with Gasteiger partial charge in [0.15, 0.2) is 0 Å². The van der Waals surface area contributed by atoms with Gasteiger partial charge < -0.3 is 19.2 Å². The lowest BCUT2D eigenvalue weighted by Gasteiger charge is -2.21. The zero-order chi connectivity index (χ0) is 14.3. The number of rotatable bonds is 4. The topological polar surface area (TPSA) is 82.1 Å². The average molecular weight is 280 g/mol. The van der Waals surface area contributed by atoms with Gasteiger partial charge in [-0.1, -0.05) is 6.07 Å². The molecule has 0 bridgehead atoms. The summed E-state index contributed by atoms with van der Waals surface area (Å²) in [6, 6.07) is 2.70. The van der Waals surface area contributed by atoms with Crippen LogP contribution in [0.1, 0.15) is 28.3 Å². The highest BCUT2D eigenvalue weighted by molar-refractivity contribution is 6.48. The molecule has 1 heterocycles. The van der Waals surface area contributed by atoms with E-state index in [2.05, 4.69) is 9.47 Å². The second-order valence-electron chi connectivity index (χ2n) is 4.67. The van der Waals surface area contributed by atoms with Crippen LogP contribution in [0.5, 0.6) is 5.75 Å². The van der Waals surface area contributed by atoms with Crippen molar-refractivity contribution >= 4 is 19.6 Å². The van der Waals surface area contributed by atoms with E-state index in [1.165, 1.54) is 0 Å². The van der Waals surface area contributed by atoms with Gasteiger partial charge in [-0.05, 0) is 24.0 Å². The smallest absolute Gasteiger partial charge is 0.526 e. The largest absolute Gasteiger partial charge is 0.535 e. The van der Waals surface area contributed by atoms with Crippen LogP contribution in [0, 0.1) is 5.82 Å². The first-order chi connectivity index (χ1) is 9.63. The Balaban J connectivity index is 1.92. The summed E-state index contributed by atoms with van der Waals surface area (Å²) in [7, 11) is -1.05. The van der Waals surface area contributed by atoms with Crippen molar-refractivity contribution in [3.63, 3.8) is 0 Å². The van der Waals surface area contributed by atoms with Gasteiger partial charge in [-0.3, -0.25) is 4.79 Å². The van der Waals surface area contributed by atoms with Crippen LogP contribution in [0.4, 0.5) is 4.39 Å². The number of hydrogen-bond acceptors (Lipinski definition) is 6. The highest BCUT2D eigenvalue weighted by atomic mass is 19.1. The van der Waals surface area contributed by atoms with Crippen molar-refractivity contribution in [1.82, 2.24) is 0 Å². The number of esters is 1. The fourth-order valence-corrected chi connectivity index (χ4v) is 2.47. The third-order valence-corrected chi connectivity index (χ3v) is 3.51. The summed E-state index contributed by atoms with van der Waals surface area (Å²) in [6.07, 6.45) is 0.739. The molecule has 0 aromatic heterocycles. The molecule has 1 aliphatic heterocycles. The SMILES string of the molecule is O=COCOC(=O)c1c(F)ccc2c1OB(O)C1CC21. The van der Waals surface area contributed by atoms with Gasteiger partial charge in [-0.15, -0.1) is 0 Å². The number of halogens is 1. The fourth-order valence-electron chi connectivity index (χ4n) is 2.47. The van der Waals surface area contributed by atoms with E-state index < -0.39 is 25.7 Å². The first-order valence-electron chi connectivity index (χ1n) is 6.03. The highest BCUT2D eigenvalue weighted by Crippen LogP contribution is 2.60. The molecule has 1 N–H and O–H groups in total. The molecule has 1 aromatic carbocycles. The maximum atomic E-state index is 13.8. The summed E-state index contributed by atoms with van der Waals surface area (Å²) in [4.78, 5) is 21.8. The molecule has 2 unspecified atom stereocenters. The van der Waals surface area contributed by atoms with Gasteiger partial charge in [0.1, 0.15) is 17.1 Å². The van der Waals surface area contributed by atoms with Crippen molar-refractivity contribution in [2.75, 3.05) is 6.79 Å². The van der Waals surface area contributed by atoms with E-state index in [1.54, 1.807) is 6.07 Å². The first-order valence-corrected chi connectivity index (χ1v) is 6.03. The van der Waals surface area contributed by atoms with Crippen molar-refractivity contribution in [2.24, 2.45) is 0 Å². The van der Waals surface area contributed by atoms with E-state index in [1.807, 2.05) is 0 Å². The van der Waals surface area contributed by atoms with Gasteiger partial charge in [0, 0.05) is 5.82 Å². The minimum absolute atomic E-state index is 0.00442. The summed E-state index contributed by atoms with van der Waals surface area (Å²) in [6.45, 7) is -0.501. The van der Waals surface area contributed by atoms with E-state index >= 15 is 0 Å². The molecule has 0 saturated heterocycles. The third-order valence-electron chi connectivity index (χ3n) is 3.51. The lowest BCUT2D eigenvalue weighted by atomic mass is 9.77. The molecule has 0 spiro atoms. The van der Waals surface area contributed by atoms with Gasteiger partial charge in [0.05, 0.1) is 0 Å². The quantitative estimate of drug-likeness (QED) is 0.289. The van der Waals surface area contributed by atoms with Crippen LogP contribution in [0.15, 0.2) is 12.1 Å². The zero-order valence-electron chi connectivity index (χ0n) is 10.2. The predicted octanol–water partition coefficient (Wildman–Crippen LogP) is 0.843. The Hall–Kier alpha value is -2.09. The van der Waals surface area contributed by atoms with Crippen molar-refractivity contribution in [2.45, 2.75) is 18.2 Å². The molecule has 20 heavy (non-hydrogen) atoms. The monoisotopic (exact) mass is 280 g/mol. The molecule has 1 saturated carbocycles. The standard InChI is InChI=1S/C12H10BFO6/c14-9-2-1-6-7-3-8(7)13(17)20-11(6)10(9)12(16)19-5-18-4-15/h1-2,4,7-8,17H,3,5H2. The van der Waals surface area contributed by atoms with Crippen molar-refractivity contribution in [3.05, 3.63) is 29.1 Å². The molecule has 0 amide bonds. The Morgan fingerprint density at radius 1 is 1.60 bits per heavy atom. The Morgan fingerprint density at radius 2 is 2.40 bits per heavy atom. The molecular weight excluding hydrogens is 270 g/mol. The van der Waals surface area contributed by atoms with Crippen LogP contribution in [0.2, 0.25) is 5.82 Å².